The van der Waals surface area contributed by atoms with Crippen LogP contribution in [0.4, 0.5) is 4.79 Å². The summed E-state index contributed by atoms with van der Waals surface area (Å²) in [6.07, 6.45) is 3.42. The van der Waals surface area contributed by atoms with Crippen LogP contribution in [0.3, 0.4) is 0 Å². The molecular formula is C8H15NO5S. The summed E-state index contributed by atoms with van der Waals surface area (Å²) in [5.41, 5.74) is 0. The molecule has 0 saturated carbocycles. The summed E-state index contributed by atoms with van der Waals surface area (Å²) in [6, 6.07) is 0. The van der Waals surface area contributed by atoms with Gasteiger partial charge in [-0.05, 0) is 19.3 Å². The summed E-state index contributed by atoms with van der Waals surface area (Å²) in [4.78, 5) is 12.9. The first-order valence-electron chi connectivity index (χ1n) is 4.75. The molecule has 0 aromatic heterocycles. The van der Waals surface area contributed by atoms with Crippen LogP contribution in [0.15, 0.2) is 0 Å². The van der Waals surface area contributed by atoms with Gasteiger partial charge in [0, 0.05) is 13.1 Å². The lowest BCUT2D eigenvalue weighted by Crippen LogP contribution is -2.36. The average Bonchev–Trinajstić information content (AvgIpc) is 2.17. The van der Waals surface area contributed by atoms with Crippen LogP contribution in [-0.2, 0) is 19.0 Å². The average molecular weight is 237 g/mol. The topological polar surface area (TPSA) is 72.9 Å². The van der Waals surface area contributed by atoms with E-state index in [1.165, 1.54) is 0 Å². The molecule has 0 bridgehead atoms. The molecule has 1 heterocycles. The van der Waals surface area contributed by atoms with Gasteiger partial charge in [-0.2, -0.15) is 8.42 Å². The number of amides is 1. The molecule has 0 unspecified atom stereocenters. The maximum Gasteiger partial charge on any atom is 0.411 e. The first-order valence-corrected chi connectivity index (χ1v) is 6.57. The monoisotopic (exact) mass is 237 g/mol. The van der Waals surface area contributed by atoms with Gasteiger partial charge in [0.05, 0.1) is 6.26 Å². The van der Waals surface area contributed by atoms with Crippen LogP contribution < -0.4 is 0 Å². The Labute approximate surface area is 89.3 Å². The van der Waals surface area contributed by atoms with Crippen molar-refractivity contribution in [3.8, 4) is 0 Å². The van der Waals surface area contributed by atoms with Crippen molar-refractivity contribution in [1.29, 1.82) is 0 Å². The van der Waals surface area contributed by atoms with Crippen molar-refractivity contribution < 1.29 is 22.1 Å². The molecule has 1 rings (SSSR count). The Kier molecular flexibility index (Phi) is 4.34. The number of carbonyl (C=O) groups is 1. The summed E-state index contributed by atoms with van der Waals surface area (Å²) in [5, 5.41) is 0. The smallest absolute Gasteiger partial charge is 0.411 e. The molecule has 7 heteroatoms. The molecule has 1 saturated heterocycles. The highest BCUT2D eigenvalue weighted by Gasteiger charge is 2.17. The van der Waals surface area contributed by atoms with Gasteiger partial charge in [-0.3, -0.25) is 0 Å². The van der Waals surface area contributed by atoms with E-state index in [0.717, 1.165) is 25.5 Å². The molecule has 1 aliphatic heterocycles. The normalized spacial score (nSPS) is 17.5. The van der Waals surface area contributed by atoms with Gasteiger partial charge in [0.25, 0.3) is 10.1 Å². The number of rotatable bonds is 3. The van der Waals surface area contributed by atoms with Crippen LogP contribution in [0.5, 0.6) is 0 Å². The Morgan fingerprint density at radius 3 is 2.40 bits per heavy atom. The van der Waals surface area contributed by atoms with Crippen molar-refractivity contribution in [3.05, 3.63) is 0 Å². The van der Waals surface area contributed by atoms with Crippen molar-refractivity contribution in [2.45, 2.75) is 19.3 Å². The minimum Gasteiger partial charge on any atom is -0.421 e. The Morgan fingerprint density at radius 1 is 1.27 bits per heavy atom. The van der Waals surface area contributed by atoms with Crippen LogP contribution in [-0.4, -0.2) is 45.5 Å². The van der Waals surface area contributed by atoms with Gasteiger partial charge in [-0.1, -0.05) is 0 Å². The molecule has 0 spiro atoms. The fourth-order valence-electron chi connectivity index (χ4n) is 1.33. The molecular weight excluding hydrogens is 222 g/mol. The van der Waals surface area contributed by atoms with Gasteiger partial charge in [0.1, 0.15) is 0 Å². The van der Waals surface area contributed by atoms with Crippen molar-refractivity contribution >= 4 is 16.2 Å². The van der Waals surface area contributed by atoms with Gasteiger partial charge >= 0.3 is 6.09 Å². The molecule has 0 aromatic rings. The number of hydrogen-bond acceptors (Lipinski definition) is 5. The van der Waals surface area contributed by atoms with E-state index in [-0.39, 0.29) is 0 Å². The molecule has 0 radical (unpaired) electrons. The lowest BCUT2D eigenvalue weighted by atomic mass is 10.1. The van der Waals surface area contributed by atoms with Crippen LogP contribution >= 0.6 is 0 Å². The van der Waals surface area contributed by atoms with E-state index in [2.05, 4.69) is 8.92 Å². The summed E-state index contributed by atoms with van der Waals surface area (Å²) in [7, 11) is -3.55. The molecule has 0 N–H and O–H groups in total. The SMILES string of the molecule is CS(=O)(=O)OCOC(=O)N1CCCCC1. The van der Waals surface area contributed by atoms with E-state index in [4.69, 9.17) is 0 Å². The largest absolute Gasteiger partial charge is 0.421 e. The van der Waals surface area contributed by atoms with Crippen LogP contribution in [0.1, 0.15) is 19.3 Å². The Morgan fingerprint density at radius 2 is 1.87 bits per heavy atom. The van der Waals surface area contributed by atoms with Crippen LogP contribution in [0, 0.1) is 0 Å². The van der Waals surface area contributed by atoms with E-state index in [0.29, 0.717) is 13.1 Å². The summed E-state index contributed by atoms with van der Waals surface area (Å²) in [6.45, 7) is 0.781. The molecule has 1 amide bonds. The van der Waals surface area contributed by atoms with Gasteiger partial charge in [-0.15, -0.1) is 0 Å². The molecule has 88 valence electrons. The third kappa shape index (κ3) is 4.98. The zero-order valence-electron chi connectivity index (χ0n) is 8.64. The first kappa shape index (κ1) is 12.3. The number of hydrogen-bond donors (Lipinski definition) is 0. The minimum atomic E-state index is -3.55. The lowest BCUT2D eigenvalue weighted by molar-refractivity contribution is 0.0353. The Bertz CT molecular complexity index is 307. The zero-order chi connectivity index (χ0) is 11.3. The maximum absolute atomic E-state index is 11.3. The molecule has 0 atom stereocenters. The first-order chi connectivity index (χ1) is 6.99. The molecule has 0 aliphatic carbocycles. The van der Waals surface area contributed by atoms with E-state index in [9.17, 15) is 13.2 Å². The van der Waals surface area contributed by atoms with Gasteiger partial charge in [0.15, 0.2) is 0 Å². The number of piperidine rings is 1. The van der Waals surface area contributed by atoms with Crippen LogP contribution in [0.25, 0.3) is 0 Å². The predicted molar refractivity (Wildman–Crippen MR) is 52.7 cm³/mol. The number of likely N-dealkylation sites (tertiary alicyclic amines) is 1. The maximum atomic E-state index is 11.3. The highest BCUT2D eigenvalue weighted by molar-refractivity contribution is 7.85. The molecule has 15 heavy (non-hydrogen) atoms. The fraction of sp³-hybridized carbons (Fsp3) is 0.875. The summed E-state index contributed by atoms with van der Waals surface area (Å²) < 4.78 is 30.1. The fourth-order valence-corrected chi connectivity index (χ4v) is 1.55. The number of nitrogens with zero attached hydrogens (tertiary/aromatic N) is 1. The summed E-state index contributed by atoms with van der Waals surface area (Å²) >= 11 is 0. The van der Waals surface area contributed by atoms with Gasteiger partial charge in [-0.25, -0.2) is 8.98 Å². The standard InChI is InChI=1S/C8H15NO5S/c1-15(11,12)14-7-13-8(10)9-5-3-2-4-6-9/h2-7H2,1H3. The van der Waals surface area contributed by atoms with Crippen molar-refractivity contribution in [3.63, 3.8) is 0 Å². The Hall–Kier alpha value is -0.820. The van der Waals surface area contributed by atoms with Crippen molar-refractivity contribution in [2.24, 2.45) is 0 Å². The molecule has 0 aromatic carbocycles. The van der Waals surface area contributed by atoms with E-state index < -0.39 is 23.0 Å². The molecule has 1 aliphatic rings. The Balaban J connectivity index is 2.23. The summed E-state index contributed by atoms with van der Waals surface area (Å²) in [5.74, 6) is 0. The number of carbonyl (C=O) groups excluding carboxylic acids is 1. The molecule has 6 nitrogen and oxygen atoms in total. The van der Waals surface area contributed by atoms with Gasteiger partial charge < -0.3 is 9.64 Å². The predicted octanol–water partition coefficient (Wildman–Crippen LogP) is 0.543. The number of ether oxygens (including phenoxy) is 1. The molecule has 1 fully saturated rings. The van der Waals surface area contributed by atoms with Gasteiger partial charge in [0.2, 0.25) is 6.79 Å². The zero-order valence-corrected chi connectivity index (χ0v) is 9.46. The van der Waals surface area contributed by atoms with E-state index in [1.807, 2.05) is 0 Å². The van der Waals surface area contributed by atoms with Crippen LogP contribution in [0.2, 0.25) is 0 Å². The minimum absolute atomic E-state index is 0.515. The van der Waals surface area contributed by atoms with E-state index >= 15 is 0 Å². The van der Waals surface area contributed by atoms with E-state index in [1.54, 1.807) is 4.90 Å². The second-order valence-corrected chi connectivity index (χ2v) is 5.04. The highest BCUT2D eigenvalue weighted by atomic mass is 32.2. The quantitative estimate of drug-likeness (QED) is 0.529. The second kappa shape index (κ2) is 5.32. The highest BCUT2D eigenvalue weighted by Crippen LogP contribution is 2.09. The third-order valence-electron chi connectivity index (χ3n) is 2.06. The lowest BCUT2D eigenvalue weighted by Gasteiger charge is -2.25. The van der Waals surface area contributed by atoms with Crippen molar-refractivity contribution in [1.82, 2.24) is 4.90 Å². The second-order valence-electron chi connectivity index (χ2n) is 3.40. The third-order valence-corrected chi connectivity index (χ3v) is 2.58. The van der Waals surface area contributed by atoms with Crippen molar-refractivity contribution in [2.75, 3.05) is 26.1 Å².